The van der Waals surface area contributed by atoms with Crippen molar-refractivity contribution in [2.24, 2.45) is 0 Å². The molecule has 2 rings (SSSR count). The van der Waals surface area contributed by atoms with Gasteiger partial charge >= 0.3 is 0 Å². The van der Waals surface area contributed by atoms with E-state index in [0.29, 0.717) is 6.54 Å². The lowest BCUT2D eigenvalue weighted by molar-refractivity contribution is -0.0543. The van der Waals surface area contributed by atoms with Crippen LogP contribution in [0.4, 0.5) is 8.78 Å². The molecule has 2 aromatic rings. The second-order valence-corrected chi connectivity index (χ2v) is 5.55. The second-order valence-electron chi connectivity index (χ2n) is 5.55. The van der Waals surface area contributed by atoms with Gasteiger partial charge in [-0.15, -0.1) is 6.58 Å². The van der Waals surface area contributed by atoms with Crippen LogP contribution in [0.5, 0.6) is 0 Å². The van der Waals surface area contributed by atoms with E-state index in [1.165, 1.54) is 23.4 Å². The maximum absolute atomic E-state index is 14.3. The second kappa shape index (κ2) is 6.97. The van der Waals surface area contributed by atoms with Crippen LogP contribution in [0.15, 0.2) is 43.5 Å². The molecule has 1 aromatic heterocycles. The van der Waals surface area contributed by atoms with Crippen LogP contribution in [0.25, 0.3) is 0 Å². The van der Waals surface area contributed by atoms with Gasteiger partial charge in [0.25, 0.3) is 0 Å². The SMILES string of the molecule is C=CCN(C)[C@H](C)[C@](O)(Cn1cncn1)c1ccc(F)cc1F. The van der Waals surface area contributed by atoms with Gasteiger partial charge in [0.05, 0.1) is 6.54 Å². The van der Waals surface area contributed by atoms with E-state index in [4.69, 9.17) is 0 Å². The number of hydrogen-bond donors (Lipinski definition) is 1. The smallest absolute Gasteiger partial charge is 0.137 e. The number of rotatable bonds is 7. The summed E-state index contributed by atoms with van der Waals surface area (Å²) in [4.78, 5) is 5.66. The van der Waals surface area contributed by atoms with E-state index in [9.17, 15) is 13.9 Å². The van der Waals surface area contributed by atoms with Gasteiger partial charge in [0.2, 0.25) is 0 Å². The molecule has 0 saturated heterocycles. The highest BCUT2D eigenvalue weighted by atomic mass is 19.1. The number of likely N-dealkylation sites (N-methyl/N-ethyl adjacent to an activating group) is 1. The summed E-state index contributed by atoms with van der Waals surface area (Å²) in [6, 6.07) is 2.68. The molecule has 0 aliphatic heterocycles. The van der Waals surface area contributed by atoms with Crippen LogP contribution in [0.1, 0.15) is 12.5 Å². The summed E-state index contributed by atoms with van der Waals surface area (Å²) < 4.78 is 28.9. The van der Waals surface area contributed by atoms with E-state index in [1.54, 1.807) is 20.0 Å². The summed E-state index contributed by atoms with van der Waals surface area (Å²) in [5.74, 6) is -1.49. The number of benzene rings is 1. The molecule has 0 spiro atoms. The summed E-state index contributed by atoms with van der Waals surface area (Å²) in [6.07, 6.45) is 4.46. The minimum Gasteiger partial charge on any atom is -0.381 e. The van der Waals surface area contributed by atoms with Crippen LogP contribution in [0.3, 0.4) is 0 Å². The zero-order valence-corrected chi connectivity index (χ0v) is 13.2. The fourth-order valence-electron chi connectivity index (χ4n) is 2.57. The predicted molar refractivity (Wildman–Crippen MR) is 82.6 cm³/mol. The van der Waals surface area contributed by atoms with Gasteiger partial charge in [0.1, 0.15) is 29.9 Å². The van der Waals surface area contributed by atoms with Gasteiger partial charge < -0.3 is 5.11 Å². The molecule has 0 fully saturated rings. The van der Waals surface area contributed by atoms with Gasteiger partial charge in [0.15, 0.2) is 0 Å². The maximum Gasteiger partial charge on any atom is 0.137 e. The summed E-state index contributed by atoms with van der Waals surface area (Å²) in [5.41, 5.74) is -1.61. The number of halogens is 2. The first-order chi connectivity index (χ1) is 10.9. The first-order valence-electron chi connectivity index (χ1n) is 7.20. The van der Waals surface area contributed by atoms with Crippen molar-refractivity contribution in [3.63, 3.8) is 0 Å². The lowest BCUT2D eigenvalue weighted by Crippen LogP contribution is -2.50. The molecule has 0 unspecified atom stereocenters. The van der Waals surface area contributed by atoms with Gasteiger partial charge in [-0.05, 0) is 20.0 Å². The summed E-state index contributed by atoms with van der Waals surface area (Å²) in [5, 5.41) is 15.2. The monoisotopic (exact) mass is 322 g/mol. The average molecular weight is 322 g/mol. The van der Waals surface area contributed by atoms with Gasteiger partial charge in [-0.1, -0.05) is 12.1 Å². The van der Waals surface area contributed by atoms with Crippen LogP contribution in [-0.2, 0) is 12.1 Å². The standard InChI is InChI=1S/C16H20F2N4O/c1-4-7-21(3)12(2)16(23,9-22-11-19-10-20-22)14-6-5-13(17)8-15(14)18/h4-6,8,10-12,23H,1,7,9H2,2-3H3/t12-,16-/m1/s1. The Balaban J connectivity index is 2.47. The van der Waals surface area contributed by atoms with Gasteiger partial charge in [0, 0.05) is 24.2 Å². The van der Waals surface area contributed by atoms with Crippen molar-refractivity contribution >= 4 is 0 Å². The lowest BCUT2D eigenvalue weighted by Gasteiger charge is -2.39. The molecule has 1 aromatic carbocycles. The van der Waals surface area contributed by atoms with E-state index in [2.05, 4.69) is 16.7 Å². The predicted octanol–water partition coefficient (Wildman–Crippen LogP) is 1.95. The Morgan fingerprint density at radius 2 is 2.22 bits per heavy atom. The molecule has 2 atom stereocenters. The first-order valence-corrected chi connectivity index (χ1v) is 7.20. The minimum absolute atomic E-state index is 0.0119. The Morgan fingerprint density at radius 1 is 1.48 bits per heavy atom. The van der Waals surface area contributed by atoms with Crippen molar-refractivity contribution in [2.45, 2.75) is 25.1 Å². The Hall–Kier alpha value is -2.12. The van der Waals surface area contributed by atoms with Crippen molar-refractivity contribution in [3.05, 3.63) is 60.7 Å². The van der Waals surface area contributed by atoms with E-state index >= 15 is 0 Å². The molecule has 23 heavy (non-hydrogen) atoms. The molecule has 7 heteroatoms. The van der Waals surface area contributed by atoms with Gasteiger partial charge in [-0.3, -0.25) is 4.90 Å². The average Bonchev–Trinajstić information content (AvgIpc) is 2.99. The molecule has 0 bridgehead atoms. The van der Waals surface area contributed by atoms with Gasteiger partial charge in [-0.25, -0.2) is 18.4 Å². The molecule has 0 radical (unpaired) electrons. The molecule has 124 valence electrons. The Bertz CT molecular complexity index is 662. The summed E-state index contributed by atoms with van der Waals surface area (Å²) in [7, 11) is 1.79. The number of aromatic nitrogens is 3. The fraction of sp³-hybridized carbons (Fsp3) is 0.375. The Morgan fingerprint density at radius 3 is 2.78 bits per heavy atom. The van der Waals surface area contributed by atoms with Crippen molar-refractivity contribution in [1.82, 2.24) is 19.7 Å². The zero-order valence-electron chi connectivity index (χ0n) is 13.2. The molecule has 0 amide bonds. The first kappa shape index (κ1) is 17.2. The highest BCUT2D eigenvalue weighted by molar-refractivity contribution is 5.27. The molecule has 0 saturated carbocycles. The maximum atomic E-state index is 14.3. The molecule has 1 heterocycles. The third-order valence-electron chi connectivity index (χ3n) is 4.04. The van der Waals surface area contributed by atoms with Crippen LogP contribution >= 0.6 is 0 Å². The zero-order chi connectivity index (χ0) is 17.0. The van der Waals surface area contributed by atoms with Crippen LogP contribution in [0.2, 0.25) is 0 Å². The van der Waals surface area contributed by atoms with Crippen LogP contribution in [-0.4, -0.2) is 44.4 Å². The topological polar surface area (TPSA) is 54.2 Å². The summed E-state index contributed by atoms with van der Waals surface area (Å²) >= 11 is 0. The number of aliphatic hydroxyl groups is 1. The fourth-order valence-corrected chi connectivity index (χ4v) is 2.57. The van der Waals surface area contributed by atoms with Crippen LogP contribution < -0.4 is 0 Å². The quantitative estimate of drug-likeness (QED) is 0.792. The third-order valence-corrected chi connectivity index (χ3v) is 4.04. The highest BCUT2D eigenvalue weighted by Gasteiger charge is 2.40. The van der Waals surface area contributed by atoms with Crippen molar-refractivity contribution < 1.29 is 13.9 Å². The Kier molecular flexibility index (Phi) is 5.23. The van der Waals surface area contributed by atoms with E-state index < -0.39 is 23.3 Å². The lowest BCUT2D eigenvalue weighted by atomic mass is 9.85. The normalized spacial score (nSPS) is 15.4. The van der Waals surface area contributed by atoms with Crippen molar-refractivity contribution in [3.8, 4) is 0 Å². The van der Waals surface area contributed by atoms with Gasteiger partial charge in [-0.2, -0.15) is 5.10 Å². The molecule has 5 nitrogen and oxygen atoms in total. The van der Waals surface area contributed by atoms with Crippen molar-refractivity contribution in [2.75, 3.05) is 13.6 Å². The number of nitrogens with zero attached hydrogens (tertiary/aromatic N) is 4. The molecule has 1 N–H and O–H groups in total. The molecule has 0 aliphatic rings. The molecular weight excluding hydrogens is 302 g/mol. The van der Waals surface area contributed by atoms with E-state index in [-0.39, 0.29) is 12.1 Å². The largest absolute Gasteiger partial charge is 0.381 e. The van der Waals surface area contributed by atoms with Crippen molar-refractivity contribution in [1.29, 1.82) is 0 Å². The molecule has 0 aliphatic carbocycles. The highest BCUT2D eigenvalue weighted by Crippen LogP contribution is 2.32. The van der Waals surface area contributed by atoms with E-state index in [0.717, 1.165) is 12.1 Å². The molecular formula is C16H20F2N4O. The Labute approximate surface area is 133 Å². The summed E-state index contributed by atoms with van der Waals surface area (Å²) in [6.45, 7) is 5.92. The van der Waals surface area contributed by atoms with Crippen LogP contribution in [0, 0.1) is 11.6 Å². The number of hydrogen-bond acceptors (Lipinski definition) is 4. The minimum atomic E-state index is -1.62. The third kappa shape index (κ3) is 3.62. The van der Waals surface area contributed by atoms with E-state index in [1.807, 2.05) is 4.90 Å².